The van der Waals surface area contributed by atoms with Gasteiger partial charge in [0.2, 0.25) is 0 Å². The molecule has 2 rings (SSSR count). The van der Waals surface area contributed by atoms with E-state index in [1.54, 1.807) is 20.3 Å². The Bertz CT molecular complexity index is 729. The van der Waals surface area contributed by atoms with E-state index in [-0.39, 0.29) is 6.04 Å². The lowest BCUT2D eigenvalue weighted by atomic mass is 10.1. The van der Waals surface area contributed by atoms with Gasteiger partial charge in [-0.2, -0.15) is 17.0 Å². The molecule has 6 heteroatoms. The SMILES string of the molecule is CC(C)N(C)S(=O)(=O)N(C)Cc1ccc2ncccc2c1. The second kappa shape index (κ2) is 6.09. The predicted molar refractivity (Wildman–Crippen MR) is 85.0 cm³/mol. The zero-order valence-electron chi connectivity index (χ0n) is 12.8. The molecule has 0 bridgehead atoms. The molecule has 0 atom stereocenters. The van der Waals surface area contributed by atoms with Crippen LogP contribution in [0.1, 0.15) is 19.4 Å². The molecule has 1 aromatic carbocycles. The molecule has 0 amide bonds. The topological polar surface area (TPSA) is 53.5 Å². The van der Waals surface area contributed by atoms with Crippen LogP contribution in [0.25, 0.3) is 10.9 Å². The van der Waals surface area contributed by atoms with Crippen molar-refractivity contribution in [1.29, 1.82) is 0 Å². The van der Waals surface area contributed by atoms with Crippen LogP contribution in [0.15, 0.2) is 36.5 Å². The number of hydrogen-bond acceptors (Lipinski definition) is 3. The van der Waals surface area contributed by atoms with E-state index >= 15 is 0 Å². The molecule has 114 valence electrons. The van der Waals surface area contributed by atoms with Gasteiger partial charge in [0, 0.05) is 38.3 Å². The fourth-order valence-electron chi connectivity index (χ4n) is 2.05. The first-order valence-corrected chi connectivity index (χ1v) is 8.25. The van der Waals surface area contributed by atoms with Crippen LogP contribution in [-0.2, 0) is 16.8 Å². The monoisotopic (exact) mass is 307 g/mol. The molecule has 0 radical (unpaired) electrons. The Balaban J connectivity index is 2.23. The van der Waals surface area contributed by atoms with Gasteiger partial charge in [0.1, 0.15) is 0 Å². The van der Waals surface area contributed by atoms with Crippen molar-refractivity contribution in [1.82, 2.24) is 13.6 Å². The Morgan fingerprint density at radius 2 is 1.90 bits per heavy atom. The van der Waals surface area contributed by atoms with E-state index in [9.17, 15) is 8.42 Å². The van der Waals surface area contributed by atoms with Crippen molar-refractivity contribution >= 4 is 21.1 Å². The van der Waals surface area contributed by atoms with Crippen LogP contribution in [0.2, 0.25) is 0 Å². The number of pyridine rings is 1. The number of fused-ring (bicyclic) bond motifs is 1. The van der Waals surface area contributed by atoms with Gasteiger partial charge in [0.15, 0.2) is 0 Å². The average molecular weight is 307 g/mol. The van der Waals surface area contributed by atoms with E-state index in [2.05, 4.69) is 4.98 Å². The van der Waals surface area contributed by atoms with Crippen LogP contribution in [0.4, 0.5) is 0 Å². The largest absolute Gasteiger partial charge is 0.282 e. The summed E-state index contributed by atoms with van der Waals surface area (Å²) in [6.07, 6.45) is 1.75. The van der Waals surface area contributed by atoms with Crippen molar-refractivity contribution in [2.45, 2.75) is 26.4 Å². The summed E-state index contributed by atoms with van der Waals surface area (Å²) in [5, 5.41) is 1.01. The highest BCUT2D eigenvalue weighted by molar-refractivity contribution is 7.86. The van der Waals surface area contributed by atoms with E-state index < -0.39 is 10.2 Å². The zero-order chi connectivity index (χ0) is 15.6. The van der Waals surface area contributed by atoms with Crippen molar-refractivity contribution in [2.24, 2.45) is 0 Å². The Hall–Kier alpha value is -1.50. The molecular formula is C15H21N3O2S. The normalized spacial score (nSPS) is 12.7. The van der Waals surface area contributed by atoms with Crippen molar-refractivity contribution in [3.63, 3.8) is 0 Å². The summed E-state index contributed by atoms with van der Waals surface area (Å²) in [6, 6.07) is 9.58. The van der Waals surface area contributed by atoms with Crippen molar-refractivity contribution < 1.29 is 8.42 Å². The van der Waals surface area contributed by atoms with Gasteiger partial charge in [0.05, 0.1) is 5.52 Å². The van der Waals surface area contributed by atoms with Gasteiger partial charge in [-0.3, -0.25) is 4.98 Å². The summed E-state index contributed by atoms with van der Waals surface area (Å²) >= 11 is 0. The molecule has 0 unspecified atom stereocenters. The van der Waals surface area contributed by atoms with Gasteiger partial charge in [-0.05, 0) is 37.6 Å². The lowest BCUT2D eigenvalue weighted by Gasteiger charge is -2.27. The van der Waals surface area contributed by atoms with Crippen LogP contribution in [0, 0.1) is 0 Å². The molecule has 21 heavy (non-hydrogen) atoms. The molecule has 0 aliphatic rings. The smallest absolute Gasteiger partial charge is 0.256 e. The number of hydrogen-bond donors (Lipinski definition) is 0. The van der Waals surface area contributed by atoms with E-state index in [0.717, 1.165) is 16.5 Å². The maximum atomic E-state index is 12.4. The molecule has 0 spiro atoms. The van der Waals surface area contributed by atoms with Crippen molar-refractivity contribution in [2.75, 3.05) is 14.1 Å². The van der Waals surface area contributed by atoms with Crippen LogP contribution >= 0.6 is 0 Å². The quantitative estimate of drug-likeness (QED) is 0.851. The third-order valence-corrected chi connectivity index (χ3v) is 5.62. The summed E-state index contributed by atoms with van der Waals surface area (Å²) in [4.78, 5) is 4.26. The van der Waals surface area contributed by atoms with Gasteiger partial charge in [-0.25, -0.2) is 0 Å². The van der Waals surface area contributed by atoms with Crippen LogP contribution in [0.5, 0.6) is 0 Å². The minimum absolute atomic E-state index is 0.0711. The maximum Gasteiger partial charge on any atom is 0.282 e. The molecular weight excluding hydrogens is 286 g/mol. The van der Waals surface area contributed by atoms with Gasteiger partial charge < -0.3 is 0 Å². The minimum atomic E-state index is -3.44. The second-order valence-electron chi connectivity index (χ2n) is 5.40. The Morgan fingerprint density at radius 1 is 1.19 bits per heavy atom. The number of aromatic nitrogens is 1. The molecule has 5 nitrogen and oxygen atoms in total. The number of benzene rings is 1. The summed E-state index contributed by atoms with van der Waals surface area (Å²) in [6.45, 7) is 4.05. The fraction of sp³-hybridized carbons (Fsp3) is 0.400. The lowest BCUT2D eigenvalue weighted by molar-refractivity contribution is 0.355. The van der Waals surface area contributed by atoms with Crippen molar-refractivity contribution in [3.8, 4) is 0 Å². The van der Waals surface area contributed by atoms with Crippen LogP contribution in [-0.4, -0.2) is 42.1 Å². The third-order valence-electron chi connectivity index (χ3n) is 3.56. The Kier molecular flexibility index (Phi) is 4.61. The highest BCUT2D eigenvalue weighted by Gasteiger charge is 2.25. The number of rotatable bonds is 5. The van der Waals surface area contributed by atoms with E-state index in [0.29, 0.717) is 6.54 Å². The lowest BCUT2D eigenvalue weighted by Crippen LogP contribution is -2.42. The first-order chi connectivity index (χ1) is 9.82. The van der Waals surface area contributed by atoms with E-state index in [1.807, 2.05) is 44.2 Å². The standard InChI is InChI=1S/C15H21N3O2S/c1-12(2)18(4)21(19,20)17(3)11-13-7-8-15-14(10-13)6-5-9-16-15/h5-10,12H,11H2,1-4H3. The summed E-state index contributed by atoms with van der Waals surface area (Å²) < 4.78 is 27.5. The molecule has 1 heterocycles. The highest BCUT2D eigenvalue weighted by Crippen LogP contribution is 2.17. The third kappa shape index (κ3) is 3.40. The van der Waals surface area contributed by atoms with Crippen LogP contribution < -0.4 is 0 Å². The van der Waals surface area contributed by atoms with Gasteiger partial charge >= 0.3 is 0 Å². The summed E-state index contributed by atoms with van der Waals surface area (Å²) in [7, 11) is -0.242. The molecule has 1 aromatic heterocycles. The second-order valence-corrected chi connectivity index (χ2v) is 7.50. The Morgan fingerprint density at radius 3 is 2.57 bits per heavy atom. The summed E-state index contributed by atoms with van der Waals surface area (Å²) in [5.41, 5.74) is 1.85. The first-order valence-electron chi connectivity index (χ1n) is 6.85. The van der Waals surface area contributed by atoms with E-state index in [4.69, 9.17) is 0 Å². The molecule has 0 N–H and O–H groups in total. The maximum absolute atomic E-state index is 12.4. The van der Waals surface area contributed by atoms with Crippen molar-refractivity contribution in [3.05, 3.63) is 42.1 Å². The van der Waals surface area contributed by atoms with Gasteiger partial charge in [-0.1, -0.05) is 12.1 Å². The van der Waals surface area contributed by atoms with Gasteiger partial charge in [0.25, 0.3) is 10.2 Å². The molecule has 0 saturated carbocycles. The molecule has 0 fully saturated rings. The Labute approximate surface area is 126 Å². The highest BCUT2D eigenvalue weighted by atomic mass is 32.2. The average Bonchev–Trinajstić information content (AvgIpc) is 2.46. The molecule has 0 aliphatic carbocycles. The summed E-state index contributed by atoms with van der Waals surface area (Å²) in [5.74, 6) is 0. The fourth-order valence-corrected chi connectivity index (χ4v) is 3.33. The van der Waals surface area contributed by atoms with Crippen LogP contribution in [0.3, 0.4) is 0 Å². The van der Waals surface area contributed by atoms with E-state index in [1.165, 1.54) is 8.61 Å². The number of nitrogens with zero attached hydrogens (tertiary/aromatic N) is 3. The zero-order valence-corrected chi connectivity index (χ0v) is 13.6. The van der Waals surface area contributed by atoms with Gasteiger partial charge in [-0.15, -0.1) is 0 Å². The first kappa shape index (κ1) is 15.9. The molecule has 0 aliphatic heterocycles. The molecule has 2 aromatic rings. The minimum Gasteiger partial charge on any atom is -0.256 e. The molecule has 0 saturated heterocycles. The predicted octanol–water partition coefficient (Wildman–Crippen LogP) is 2.25.